The fourth-order valence-electron chi connectivity index (χ4n) is 3.20. The molecule has 0 spiro atoms. The first-order valence-electron chi connectivity index (χ1n) is 7.86. The normalized spacial score (nSPS) is 21.1. The molecule has 0 unspecified atom stereocenters. The number of nitrogens with zero attached hydrogens (tertiary/aromatic N) is 3. The third-order valence-corrected chi connectivity index (χ3v) is 4.47. The molecule has 0 aliphatic carbocycles. The van der Waals surface area contributed by atoms with E-state index in [1.165, 1.54) is 19.3 Å². The highest BCUT2D eigenvalue weighted by atomic mass is 16.1. The van der Waals surface area contributed by atoms with Gasteiger partial charge in [0.15, 0.2) is 0 Å². The minimum absolute atomic E-state index is 0.0478. The quantitative estimate of drug-likeness (QED) is 0.902. The molecule has 0 amide bonds. The van der Waals surface area contributed by atoms with Gasteiger partial charge in [0.05, 0.1) is 11.9 Å². The third kappa shape index (κ3) is 3.20. The van der Waals surface area contributed by atoms with Crippen LogP contribution in [-0.4, -0.2) is 36.0 Å². The summed E-state index contributed by atoms with van der Waals surface area (Å²) in [7, 11) is 0. The van der Waals surface area contributed by atoms with Crippen molar-refractivity contribution in [1.29, 1.82) is 0 Å². The van der Waals surface area contributed by atoms with Crippen LogP contribution in [0.15, 0.2) is 17.1 Å². The molecular weight excluding hydrogens is 252 g/mol. The van der Waals surface area contributed by atoms with E-state index >= 15 is 0 Å². The van der Waals surface area contributed by atoms with Gasteiger partial charge in [-0.05, 0) is 51.1 Å². The number of piperidine rings is 2. The van der Waals surface area contributed by atoms with Crippen molar-refractivity contribution in [2.24, 2.45) is 5.92 Å². The fourth-order valence-corrected chi connectivity index (χ4v) is 3.20. The molecule has 0 radical (unpaired) electrons. The van der Waals surface area contributed by atoms with Crippen LogP contribution in [0.1, 0.15) is 32.1 Å². The Kier molecular flexibility index (Phi) is 4.35. The van der Waals surface area contributed by atoms with Crippen LogP contribution >= 0.6 is 0 Å². The van der Waals surface area contributed by atoms with Crippen molar-refractivity contribution in [3.63, 3.8) is 0 Å². The molecule has 2 aliphatic rings. The topological polar surface area (TPSA) is 50.2 Å². The average Bonchev–Trinajstić information content (AvgIpc) is 2.51. The van der Waals surface area contributed by atoms with Crippen LogP contribution in [0.2, 0.25) is 0 Å². The molecule has 2 fully saturated rings. The number of hydrogen-bond acceptors (Lipinski definition) is 4. The Morgan fingerprint density at radius 1 is 1.20 bits per heavy atom. The Morgan fingerprint density at radius 3 is 2.65 bits per heavy atom. The van der Waals surface area contributed by atoms with Crippen LogP contribution in [-0.2, 0) is 6.54 Å². The van der Waals surface area contributed by atoms with Crippen molar-refractivity contribution in [3.8, 4) is 0 Å². The van der Waals surface area contributed by atoms with Crippen molar-refractivity contribution >= 4 is 5.69 Å². The van der Waals surface area contributed by atoms with Gasteiger partial charge >= 0.3 is 0 Å². The number of hydrogen-bond donors (Lipinski definition) is 1. The first-order chi connectivity index (χ1) is 9.83. The summed E-state index contributed by atoms with van der Waals surface area (Å²) in [5.74, 6) is 0.585. The summed E-state index contributed by atoms with van der Waals surface area (Å²) in [5.41, 5.74) is 1.04. The second-order valence-corrected chi connectivity index (χ2v) is 5.98. The second kappa shape index (κ2) is 6.39. The number of anilines is 1. The van der Waals surface area contributed by atoms with Gasteiger partial charge in [-0.25, -0.2) is 4.68 Å². The van der Waals surface area contributed by atoms with E-state index in [0.717, 1.165) is 51.3 Å². The van der Waals surface area contributed by atoms with Gasteiger partial charge in [-0.1, -0.05) is 0 Å². The monoisotopic (exact) mass is 276 g/mol. The first kappa shape index (κ1) is 13.6. The summed E-state index contributed by atoms with van der Waals surface area (Å²) in [5, 5.41) is 7.74. The SMILES string of the molecule is O=c1cc(N2CCCCC2)cnn1CC1CCNCC1. The Hall–Kier alpha value is -1.36. The zero-order chi connectivity index (χ0) is 13.8. The van der Waals surface area contributed by atoms with Gasteiger partial charge in [0, 0.05) is 25.7 Å². The highest BCUT2D eigenvalue weighted by Crippen LogP contribution is 2.17. The molecule has 2 saturated heterocycles. The molecule has 2 aliphatic heterocycles. The van der Waals surface area contributed by atoms with Crippen LogP contribution in [0.3, 0.4) is 0 Å². The molecule has 1 N–H and O–H groups in total. The lowest BCUT2D eigenvalue weighted by Crippen LogP contribution is -2.35. The van der Waals surface area contributed by atoms with Gasteiger partial charge in [-0.3, -0.25) is 4.79 Å². The van der Waals surface area contributed by atoms with Crippen LogP contribution in [0, 0.1) is 5.92 Å². The molecule has 110 valence electrons. The molecule has 5 heteroatoms. The van der Waals surface area contributed by atoms with Crippen LogP contribution < -0.4 is 15.8 Å². The summed E-state index contributed by atoms with van der Waals surface area (Å²) in [6, 6.07) is 1.76. The maximum atomic E-state index is 12.2. The molecule has 0 saturated carbocycles. The zero-order valence-electron chi connectivity index (χ0n) is 12.1. The van der Waals surface area contributed by atoms with Crippen LogP contribution in [0.4, 0.5) is 5.69 Å². The smallest absolute Gasteiger partial charge is 0.268 e. The predicted molar refractivity (Wildman–Crippen MR) is 80.2 cm³/mol. The maximum Gasteiger partial charge on any atom is 0.268 e. The average molecular weight is 276 g/mol. The molecule has 3 rings (SSSR count). The number of nitrogens with one attached hydrogen (secondary N) is 1. The molecule has 0 atom stereocenters. The van der Waals surface area contributed by atoms with Gasteiger partial charge in [0.1, 0.15) is 0 Å². The van der Waals surface area contributed by atoms with Gasteiger partial charge in [-0.2, -0.15) is 5.10 Å². The van der Waals surface area contributed by atoms with Crippen LogP contribution in [0.5, 0.6) is 0 Å². The number of aromatic nitrogens is 2. The van der Waals surface area contributed by atoms with Gasteiger partial charge in [0.25, 0.3) is 5.56 Å². The van der Waals surface area contributed by atoms with E-state index in [4.69, 9.17) is 0 Å². The minimum Gasteiger partial charge on any atom is -0.370 e. The molecular formula is C15H24N4O. The van der Waals surface area contributed by atoms with E-state index in [-0.39, 0.29) is 5.56 Å². The standard InChI is InChI=1S/C15H24N4O/c20-15-10-14(18-8-2-1-3-9-18)11-17-19(15)12-13-4-6-16-7-5-13/h10-11,13,16H,1-9,12H2. The summed E-state index contributed by atoms with van der Waals surface area (Å²) >= 11 is 0. The van der Waals surface area contributed by atoms with E-state index < -0.39 is 0 Å². The summed E-state index contributed by atoms with van der Waals surface area (Å²) in [6.07, 6.45) is 7.89. The fraction of sp³-hybridized carbons (Fsp3) is 0.733. The van der Waals surface area contributed by atoms with Crippen molar-refractivity contribution in [2.45, 2.75) is 38.6 Å². The Morgan fingerprint density at radius 2 is 1.95 bits per heavy atom. The molecule has 3 heterocycles. The lowest BCUT2D eigenvalue weighted by molar-refractivity contribution is 0.315. The summed E-state index contributed by atoms with van der Waals surface area (Å²) in [4.78, 5) is 14.5. The Bertz CT molecular complexity index is 487. The number of rotatable bonds is 3. The Labute approximate surface area is 120 Å². The van der Waals surface area contributed by atoms with E-state index in [9.17, 15) is 4.79 Å². The van der Waals surface area contributed by atoms with E-state index in [1.807, 2.05) is 6.20 Å². The zero-order valence-corrected chi connectivity index (χ0v) is 12.1. The van der Waals surface area contributed by atoms with E-state index in [1.54, 1.807) is 10.7 Å². The molecule has 5 nitrogen and oxygen atoms in total. The lowest BCUT2D eigenvalue weighted by atomic mass is 9.98. The van der Waals surface area contributed by atoms with Gasteiger partial charge in [0.2, 0.25) is 0 Å². The largest absolute Gasteiger partial charge is 0.370 e. The highest BCUT2D eigenvalue weighted by Gasteiger charge is 2.16. The first-order valence-corrected chi connectivity index (χ1v) is 7.86. The Balaban J connectivity index is 1.68. The molecule has 20 heavy (non-hydrogen) atoms. The van der Waals surface area contributed by atoms with Gasteiger partial charge < -0.3 is 10.2 Å². The lowest BCUT2D eigenvalue weighted by Gasteiger charge is -2.28. The van der Waals surface area contributed by atoms with Crippen molar-refractivity contribution < 1.29 is 0 Å². The molecule has 0 bridgehead atoms. The minimum atomic E-state index is 0.0478. The van der Waals surface area contributed by atoms with Crippen LogP contribution in [0.25, 0.3) is 0 Å². The van der Waals surface area contributed by atoms with E-state index in [2.05, 4.69) is 15.3 Å². The van der Waals surface area contributed by atoms with Crippen molar-refractivity contribution in [3.05, 3.63) is 22.6 Å². The maximum absolute atomic E-state index is 12.2. The summed E-state index contributed by atoms with van der Waals surface area (Å²) < 4.78 is 1.64. The second-order valence-electron chi connectivity index (χ2n) is 5.98. The molecule has 0 aromatic carbocycles. The van der Waals surface area contributed by atoms with Crippen molar-refractivity contribution in [1.82, 2.24) is 15.1 Å². The third-order valence-electron chi connectivity index (χ3n) is 4.47. The van der Waals surface area contributed by atoms with Crippen molar-refractivity contribution in [2.75, 3.05) is 31.1 Å². The predicted octanol–water partition coefficient (Wildman–Crippen LogP) is 1.23. The van der Waals surface area contributed by atoms with E-state index in [0.29, 0.717) is 5.92 Å². The molecule has 1 aromatic heterocycles. The summed E-state index contributed by atoms with van der Waals surface area (Å²) in [6.45, 7) is 5.00. The van der Waals surface area contributed by atoms with Gasteiger partial charge in [-0.15, -0.1) is 0 Å². The highest BCUT2D eigenvalue weighted by molar-refractivity contribution is 5.43. The molecule has 1 aromatic rings.